The van der Waals surface area contributed by atoms with E-state index in [-0.39, 0.29) is 5.56 Å². The predicted molar refractivity (Wildman–Crippen MR) is 70.7 cm³/mol. The van der Waals surface area contributed by atoms with E-state index in [0.717, 1.165) is 4.88 Å². The number of halogens is 2. The molecular weight excluding hydrogens is 275 g/mol. The third-order valence-corrected chi connectivity index (χ3v) is 3.64. The van der Waals surface area contributed by atoms with Crippen molar-refractivity contribution in [2.75, 3.05) is 0 Å². The van der Waals surface area contributed by atoms with Gasteiger partial charge in [-0.3, -0.25) is 0 Å². The van der Waals surface area contributed by atoms with Crippen LogP contribution in [0.2, 0.25) is 4.34 Å². The summed E-state index contributed by atoms with van der Waals surface area (Å²) in [4.78, 5) is 0.972. The van der Waals surface area contributed by atoms with Gasteiger partial charge in [0, 0.05) is 16.5 Å². The molecule has 0 spiro atoms. The molecule has 0 aliphatic rings. The summed E-state index contributed by atoms with van der Waals surface area (Å²) in [6, 6.07) is 8.10. The van der Waals surface area contributed by atoms with E-state index in [1.165, 1.54) is 30.4 Å². The number of ether oxygens (including phenoxy) is 1. The third-order valence-electron chi connectivity index (χ3n) is 2.43. The molecule has 5 heteroatoms. The van der Waals surface area contributed by atoms with Crippen molar-refractivity contribution in [2.45, 2.75) is 19.6 Å². The number of rotatable bonds is 4. The molecule has 1 aromatic carbocycles. The molecule has 0 fully saturated rings. The lowest BCUT2D eigenvalue weighted by molar-refractivity contribution is 0.194. The smallest absolute Gasteiger partial charge is 0.132 e. The molecule has 96 valence electrons. The quantitative estimate of drug-likeness (QED) is 0.914. The van der Waals surface area contributed by atoms with E-state index in [0.29, 0.717) is 16.7 Å². The van der Waals surface area contributed by atoms with Crippen LogP contribution in [0, 0.1) is 5.82 Å². The minimum Gasteiger partial charge on any atom is -0.488 e. The molecule has 0 bridgehead atoms. The number of thiophene rings is 1. The van der Waals surface area contributed by atoms with Crippen LogP contribution in [-0.4, -0.2) is 5.11 Å². The Bertz CT molecular complexity index is 540. The fourth-order valence-electron chi connectivity index (χ4n) is 1.52. The van der Waals surface area contributed by atoms with E-state index < -0.39 is 11.9 Å². The molecule has 2 rings (SSSR count). The fraction of sp³-hybridized carbons (Fsp3) is 0.231. The first-order valence-corrected chi connectivity index (χ1v) is 6.60. The van der Waals surface area contributed by atoms with Crippen molar-refractivity contribution in [3.8, 4) is 5.75 Å². The van der Waals surface area contributed by atoms with Crippen molar-refractivity contribution in [2.24, 2.45) is 0 Å². The Morgan fingerprint density at radius 3 is 2.72 bits per heavy atom. The second-order valence-corrected chi connectivity index (χ2v) is 5.65. The first-order chi connectivity index (χ1) is 8.56. The molecule has 1 atom stereocenters. The van der Waals surface area contributed by atoms with E-state index in [9.17, 15) is 9.50 Å². The number of benzene rings is 1. The summed E-state index contributed by atoms with van der Waals surface area (Å²) in [7, 11) is 0. The van der Waals surface area contributed by atoms with Crippen molar-refractivity contribution in [3.63, 3.8) is 0 Å². The standard InChI is InChI=1S/C13H12ClFO2S/c1-8(16)11-4-2-9(6-12(11)15)17-7-10-3-5-13(14)18-10/h2-6,8,16H,7H2,1H3. The van der Waals surface area contributed by atoms with E-state index in [1.54, 1.807) is 12.1 Å². The molecule has 2 nitrogen and oxygen atoms in total. The van der Waals surface area contributed by atoms with Gasteiger partial charge in [-0.1, -0.05) is 11.6 Å². The summed E-state index contributed by atoms with van der Waals surface area (Å²) < 4.78 is 19.7. The summed E-state index contributed by atoms with van der Waals surface area (Å²) in [6.07, 6.45) is -0.824. The van der Waals surface area contributed by atoms with E-state index in [2.05, 4.69) is 0 Å². The van der Waals surface area contributed by atoms with Crippen LogP contribution in [0.3, 0.4) is 0 Å². The van der Waals surface area contributed by atoms with E-state index in [4.69, 9.17) is 16.3 Å². The van der Waals surface area contributed by atoms with Crippen LogP contribution >= 0.6 is 22.9 Å². The summed E-state index contributed by atoms with van der Waals surface area (Å²) >= 11 is 7.22. The maximum absolute atomic E-state index is 13.6. The summed E-state index contributed by atoms with van der Waals surface area (Å²) in [5.74, 6) is -0.0341. The van der Waals surface area contributed by atoms with Gasteiger partial charge in [-0.25, -0.2) is 4.39 Å². The largest absolute Gasteiger partial charge is 0.488 e. The van der Waals surface area contributed by atoms with Gasteiger partial charge in [0.15, 0.2) is 0 Å². The van der Waals surface area contributed by atoms with Gasteiger partial charge in [0.25, 0.3) is 0 Å². The number of hydrogen-bond donors (Lipinski definition) is 1. The Labute approximate surface area is 114 Å². The predicted octanol–water partition coefficient (Wildman–Crippen LogP) is 4.17. The Hall–Kier alpha value is -1.10. The molecule has 0 amide bonds. The Morgan fingerprint density at radius 1 is 1.39 bits per heavy atom. The van der Waals surface area contributed by atoms with Crippen LogP contribution in [0.1, 0.15) is 23.5 Å². The molecule has 1 unspecified atom stereocenters. The lowest BCUT2D eigenvalue weighted by Crippen LogP contribution is -1.98. The normalized spacial score (nSPS) is 12.4. The fourth-order valence-corrected chi connectivity index (χ4v) is 2.52. The van der Waals surface area contributed by atoms with Gasteiger partial charge in [0.05, 0.1) is 10.4 Å². The summed E-state index contributed by atoms with van der Waals surface area (Å²) in [5.41, 5.74) is 0.265. The lowest BCUT2D eigenvalue weighted by Gasteiger charge is -2.09. The average Bonchev–Trinajstić information content (AvgIpc) is 2.72. The van der Waals surface area contributed by atoms with Crippen LogP contribution in [0.25, 0.3) is 0 Å². The van der Waals surface area contributed by atoms with Crippen LogP contribution < -0.4 is 4.74 Å². The van der Waals surface area contributed by atoms with Crippen molar-refractivity contribution in [1.82, 2.24) is 0 Å². The van der Waals surface area contributed by atoms with Crippen molar-refractivity contribution in [3.05, 3.63) is 50.9 Å². The third kappa shape index (κ3) is 3.22. The maximum atomic E-state index is 13.6. The molecular formula is C13H12ClFO2S. The van der Waals surface area contributed by atoms with Crippen molar-refractivity contribution < 1.29 is 14.2 Å². The minimum atomic E-state index is -0.824. The summed E-state index contributed by atoms with van der Waals surface area (Å²) in [5, 5.41) is 9.31. The molecule has 1 heterocycles. The Balaban J connectivity index is 2.04. The van der Waals surface area contributed by atoms with Gasteiger partial charge in [0.1, 0.15) is 18.2 Å². The molecule has 1 N–H and O–H groups in total. The Morgan fingerprint density at radius 2 is 2.17 bits per heavy atom. The Kier molecular flexibility index (Phi) is 4.22. The zero-order valence-corrected chi connectivity index (χ0v) is 11.3. The van der Waals surface area contributed by atoms with Crippen LogP contribution in [0.15, 0.2) is 30.3 Å². The molecule has 1 aromatic heterocycles. The topological polar surface area (TPSA) is 29.5 Å². The number of aliphatic hydroxyl groups excluding tert-OH is 1. The molecule has 0 saturated heterocycles. The van der Waals surface area contributed by atoms with Gasteiger partial charge in [-0.15, -0.1) is 11.3 Å². The lowest BCUT2D eigenvalue weighted by atomic mass is 10.1. The van der Waals surface area contributed by atoms with Crippen molar-refractivity contribution in [1.29, 1.82) is 0 Å². The highest BCUT2D eigenvalue weighted by Crippen LogP contribution is 2.25. The molecule has 0 aliphatic heterocycles. The number of aliphatic hydroxyl groups is 1. The second kappa shape index (κ2) is 5.69. The van der Waals surface area contributed by atoms with Crippen molar-refractivity contribution >= 4 is 22.9 Å². The highest BCUT2D eigenvalue weighted by molar-refractivity contribution is 7.16. The maximum Gasteiger partial charge on any atom is 0.132 e. The molecule has 18 heavy (non-hydrogen) atoms. The average molecular weight is 287 g/mol. The zero-order chi connectivity index (χ0) is 13.1. The van der Waals surface area contributed by atoms with E-state index >= 15 is 0 Å². The van der Waals surface area contributed by atoms with Gasteiger partial charge < -0.3 is 9.84 Å². The van der Waals surface area contributed by atoms with E-state index in [1.807, 2.05) is 6.07 Å². The first-order valence-electron chi connectivity index (χ1n) is 5.41. The molecule has 0 aliphatic carbocycles. The molecule has 0 saturated carbocycles. The molecule has 2 aromatic rings. The monoisotopic (exact) mass is 286 g/mol. The van der Waals surface area contributed by atoms with Crippen LogP contribution in [-0.2, 0) is 6.61 Å². The van der Waals surface area contributed by atoms with Crippen LogP contribution in [0.5, 0.6) is 5.75 Å². The zero-order valence-electron chi connectivity index (χ0n) is 9.69. The van der Waals surface area contributed by atoms with Gasteiger partial charge in [-0.2, -0.15) is 0 Å². The van der Waals surface area contributed by atoms with Gasteiger partial charge in [0.2, 0.25) is 0 Å². The van der Waals surface area contributed by atoms with Gasteiger partial charge in [-0.05, 0) is 31.2 Å². The molecule has 0 radical (unpaired) electrons. The first kappa shape index (κ1) is 13.3. The van der Waals surface area contributed by atoms with Crippen LogP contribution in [0.4, 0.5) is 4.39 Å². The highest BCUT2D eigenvalue weighted by atomic mass is 35.5. The SMILES string of the molecule is CC(O)c1ccc(OCc2ccc(Cl)s2)cc1F. The highest BCUT2D eigenvalue weighted by Gasteiger charge is 2.09. The van der Waals surface area contributed by atoms with Gasteiger partial charge >= 0.3 is 0 Å². The second-order valence-electron chi connectivity index (χ2n) is 3.85. The minimum absolute atomic E-state index is 0.265. The number of hydrogen-bond acceptors (Lipinski definition) is 3. The summed E-state index contributed by atoms with van der Waals surface area (Å²) in [6.45, 7) is 1.87.